The van der Waals surface area contributed by atoms with Crippen LogP contribution < -0.4 is 10.9 Å². The van der Waals surface area contributed by atoms with Crippen molar-refractivity contribution in [3.8, 4) is 0 Å². The highest BCUT2D eigenvalue weighted by molar-refractivity contribution is 5.35. The normalized spacial score (nSPS) is 20.1. The molecule has 0 amide bonds. The summed E-state index contributed by atoms with van der Waals surface area (Å²) in [7, 11) is 0. The number of hydrogen-bond acceptors (Lipinski definition) is 3. The van der Waals surface area contributed by atoms with E-state index in [1.54, 1.807) is 6.07 Å². The fraction of sp³-hybridized carbons (Fsp3) is 0.667. The minimum absolute atomic E-state index is 0.0691. The molecule has 86 valence electrons. The van der Waals surface area contributed by atoms with Gasteiger partial charge in [0.25, 0.3) is 5.56 Å². The maximum absolute atomic E-state index is 11.3. The van der Waals surface area contributed by atoms with Crippen molar-refractivity contribution in [3.63, 3.8) is 0 Å². The second-order valence-corrected chi connectivity index (χ2v) is 5.06. The van der Waals surface area contributed by atoms with Gasteiger partial charge in [0.2, 0.25) is 0 Å². The molecule has 1 aromatic rings. The van der Waals surface area contributed by atoms with Crippen molar-refractivity contribution in [2.75, 3.05) is 5.32 Å². The summed E-state index contributed by atoms with van der Waals surface area (Å²) in [6.07, 6.45) is 5.32. The van der Waals surface area contributed by atoms with Gasteiger partial charge in [0.15, 0.2) is 0 Å². The van der Waals surface area contributed by atoms with Crippen LogP contribution in [0.15, 0.2) is 10.9 Å². The number of H-pyrrole nitrogens is 1. The lowest BCUT2D eigenvalue weighted by Crippen LogP contribution is -2.26. The molecule has 2 N–H and O–H groups in total. The molecule has 4 nitrogen and oxygen atoms in total. The molecule has 2 fully saturated rings. The molecule has 1 heterocycles. The van der Waals surface area contributed by atoms with Crippen molar-refractivity contribution in [2.45, 2.75) is 38.6 Å². The first-order valence-electron chi connectivity index (χ1n) is 6.07. The first kappa shape index (κ1) is 9.87. The van der Waals surface area contributed by atoms with E-state index in [9.17, 15) is 4.79 Å². The lowest BCUT2D eigenvalue weighted by Gasteiger charge is -2.18. The van der Waals surface area contributed by atoms with Crippen molar-refractivity contribution >= 4 is 5.82 Å². The molecule has 0 aliphatic heterocycles. The summed E-state index contributed by atoms with van der Waals surface area (Å²) in [5.41, 5.74) is -0.0691. The number of anilines is 1. The Morgan fingerprint density at radius 2 is 2.00 bits per heavy atom. The van der Waals surface area contributed by atoms with Gasteiger partial charge in [-0.25, -0.2) is 4.98 Å². The number of nitrogens with one attached hydrogen (secondary N) is 2. The van der Waals surface area contributed by atoms with Gasteiger partial charge in [-0.15, -0.1) is 0 Å². The van der Waals surface area contributed by atoms with Gasteiger partial charge in [-0.2, -0.15) is 0 Å². The highest BCUT2D eigenvalue weighted by atomic mass is 16.1. The van der Waals surface area contributed by atoms with Crippen molar-refractivity contribution in [2.24, 2.45) is 11.8 Å². The zero-order valence-electron chi connectivity index (χ0n) is 9.49. The summed E-state index contributed by atoms with van der Waals surface area (Å²) >= 11 is 0. The van der Waals surface area contributed by atoms with Crippen LogP contribution in [-0.4, -0.2) is 16.0 Å². The van der Waals surface area contributed by atoms with Gasteiger partial charge < -0.3 is 10.3 Å². The molecule has 2 aliphatic rings. The topological polar surface area (TPSA) is 57.8 Å². The maximum Gasteiger partial charge on any atom is 0.252 e. The Kier molecular flexibility index (Phi) is 2.23. The molecule has 2 aliphatic carbocycles. The fourth-order valence-corrected chi connectivity index (χ4v) is 2.36. The molecule has 0 aromatic carbocycles. The van der Waals surface area contributed by atoms with Crippen LogP contribution >= 0.6 is 0 Å². The Morgan fingerprint density at radius 1 is 1.38 bits per heavy atom. The maximum atomic E-state index is 11.3. The van der Waals surface area contributed by atoms with Crippen LogP contribution in [0.3, 0.4) is 0 Å². The third kappa shape index (κ3) is 2.10. The largest absolute Gasteiger partial charge is 0.367 e. The smallest absolute Gasteiger partial charge is 0.252 e. The zero-order chi connectivity index (χ0) is 11.1. The van der Waals surface area contributed by atoms with Crippen molar-refractivity contribution in [1.82, 2.24) is 9.97 Å². The molecular formula is C12H17N3O. The van der Waals surface area contributed by atoms with Crippen LogP contribution in [0.5, 0.6) is 0 Å². The molecular weight excluding hydrogens is 202 g/mol. The summed E-state index contributed by atoms with van der Waals surface area (Å²) in [5, 5.41) is 3.45. The zero-order valence-corrected chi connectivity index (χ0v) is 9.49. The van der Waals surface area contributed by atoms with Gasteiger partial charge in [0, 0.05) is 12.1 Å². The summed E-state index contributed by atoms with van der Waals surface area (Å²) in [4.78, 5) is 18.3. The molecule has 0 unspecified atom stereocenters. The van der Waals surface area contributed by atoms with Crippen LogP contribution in [-0.2, 0) is 0 Å². The summed E-state index contributed by atoms with van der Waals surface area (Å²) in [6.45, 7) is 1.82. The third-order valence-corrected chi connectivity index (χ3v) is 3.43. The van der Waals surface area contributed by atoms with Crippen LogP contribution in [0.25, 0.3) is 0 Å². The van der Waals surface area contributed by atoms with E-state index in [0.29, 0.717) is 11.9 Å². The number of aryl methyl sites for hydroxylation is 1. The molecule has 16 heavy (non-hydrogen) atoms. The monoisotopic (exact) mass is 219 g/mol. The first-order valence-corrected chi connectivity index (χ1v) is 6.07. The van der Waals surface area contributed by atoms with E-state index in [1.165, 1.54) is 25.7 Å². The van der Waals surface area contributed by atoms with Crippen LogP contribution in [0.2, 0.25) is 0 Å². The standard InChI is InChI=1S/C12H17N3O/c1-7-13-10(6-11(16)14-7)15-12(8-2-3-8)9-4-5-9/h6,8-9,12H,2-5H2,1H3,(H2,13,14,15,16). The molecule has 1 aromatic heterocycles. The second-order valence-electron chi connectivity index (χ2n) is 5.06. The van der Waals surface area contributed by atoms with Gasteiger partial charge in [0.05, 0.1) is 0 Å². The third-order valence-electron chi connectivity index (χ3n) is 3.43. The Morgan fingerprint density at radius 3 is 2.50 bits per heavy atom. The number of rotatable bonds is 4. The van der Waals surface area contributed by atoms with E-state index in [1.807, 2.05) is 6.92 Å². The van der Waals surface area contributed by atoms with E-state index in [0.717, 1.165) is 17.7 Å². The second kappa shape index (κ2) is 3.61. The molecule has 2 saturated carbocycles. The Bertz CT molecular complexity index is 434. The Hall–Kier alpha value is -1.32. The van der Waals surface area contributed by atoms with E-state index in [-0.39, 0.29) is 5.56 Å². The average molecular weight is 219 g/mol. The number of aromatic amines is 1. The predicted octanol–water partition coefficient (Wildman–Crippen LogP) is 1.68. The molecule has 0 atom stereocenters. The van der Waals surface area contributed by atoms with Gasteiger partial charge in [0.1, 0.15) is 11.6 Å². The van der Waals surface area contributed by atoms with Crippen LogP contribution in [0, 0.1) is 18.8 Å². The lowest BCUT2D eigenvalue weighted by atomic mass is 10.1. The van der Waals surface area contributed by atoms with Crippen molar-refractivity contribution in [1.29, 1.82) is 0 Å². The van der Waals surface area contributed by atoms with Crippen LogP contribution in [0.1, 0.15) is 31.5 Å². The lowest BCUT2D eigenvalue weighted by molar-refractivity contribution is 0.565. The highest BCUT2D eigenvalue weighted by Crippen LogP contribution is 2.45. The average Bonchev–Trinajstić information content (AvgIpc) is 3.07. The summed E-state index contributed by atoms with van der Waals surface area (Å²) < 4.78 is 0. The quantitative estimate of drug-likeness (QED) is 0.810. The van der Waals surface area contributed by atoms with Gasteiger partial charge >= 0.3 is 0 Å². The summed E-state index contributed by atoms with van der Waals surface area (Å²) in [6, 6.07) is 2.11. The van der Waals surface area contributed by atoms with Crippen LogP contribution in [0.4, 0.5) is 5.82 Å². The number of aromatic nitrogens is 2. The Labute approximate surface area is 94.5 Å². The van der Waals surface area contributed by atoms with Gasteiger partial charge in [-0.1, -0.05) is 0 Å². The van der Waals surface area contributed by atoms with E-state index >= 15 is 0 Å². The predicted molar refractivity (Wildman–Crippen MR) is 62.5 cm³/mol. The van der Waals surface area contributed by atoms with Gasteiger partial charge in [-0.05, 0) is 44.4 Å². The summed E-state index contributed by atoms with van der Waals surface area (Å²) in [5.74, 6) is 3.05. The van der Waals surface area contributed by atoms with E-state index in [4.69, 9.17) is 0 Å². The first-order chi connectivity index (χ1) is 7.72. The van der Waals surface area contributed by atoms with Gasteiger partial charge in [-0.3, -0.25) is 4.79 Å². The van der Waals surface area contributed by atoms with E-state index < -0.39 is 0 Å². The molecule has 0 radical (unpaired) electrons. The highest BCUT2D eigenvalue weighted by Gasteiger charge is 2.41. The molecule has 0 spiro atoms. The number of nitrogens with zero attached hydrogens (tertiary/aromatic N) is 1. The number of hydrogen-bond donors (Lipinski definition) is 2. The molecule has 0 saturated heterocycles. The SMILES string of the molecule is Cc1nc(NC(C2CC2)C2CC2)cc(=O)[nH]1. The Balaban J connectivity index is 1.78. The fourth-order valence-electron chi connectivity index (χ4n) is 2.36. The molecule has 3 rings (SSSR count). The molecule has 0 bridgehead atoms. The minimum atomic E-state index is -0.0691. The van der Waals surface area contributed by atoms with E-state index in [2.05, 4.69) is 15.3 Å². The molecule has 4 heteroatoms. The minimum Gasteiger partial charge on any atom is -0.367 e. The van der Waals surface area contributed by atoms with Crippen molar-refractivity contribution < 1.29 is 0 Å². The van der Waals surface area contributed by atoms with Crippen molar-refractivity contribution in [3.05, 3.63) is 22.2 Å².